The molecule has 1 atom stereocenters. The zero-order valence-electron chi connectivity index (χ0n) is 14.7. The SMILES string of the molecule is C=C(c1cccc(N)c1)c1cc(F)ccc1SCC(CO)CCCC. The summed E-state index contributed by atoms with van der Waals surface area (Å²) in [6, 6.07) is 12.2. The van der Waals surface area contributed by atoms with E-state index in [9.17, 15) is 9.50 Å². The van der Waals surface area contributed by atoms with Crippen molar-refractivity contribution in [2.75, 3.05) is 18.1 Å². The minimum absolute atomic E-state index is 0.180. The monoisotopic (exact) mass is 359 g/mol. The first-order valence-corrected chi connectivity index (χ1v) is 9.62. The molecule has 0 aromatic heterocycles. The van der Waals surface area contributed by atoms with E-state index < -0.39 is 0 Å². The molecule has 0 fully saturated rings. The summed E-state index contributed by atoms with van der Waals surface area (Å²) >= 11 is 1.65. The van der Waals surface area contributed by atoms with Gasteiger partial charge in [-0.3, -0.25) is 0 Å². The highest BCUT2D eigenvalue weighted by atomic mass is 32.2. The second-order valence-corrected chi connectivity index (χ2v) is 7.31. The third kappa shape index (κ3) is 5.62. The lowest BCUT2D eigenvalue weighted by Gasteiger charge is -2.16. The van der Waals surface area contributed by atoms with Crippen molar-refractivity contribution in [1.29, 1.82) is 0 Å². The van der Waals surface area contributed by atoms with Crippen molar-refractivity contribution >= 4 is 23.0 Å². The number of nitrogens with two attached hydrogens (primary N) is 1. The average Bonchev–Trinajstić information content (AvgIpc) is 2.62. The van der Waals surface area contributed by atoms with Crippen LogP contribution in [0.2, 0.25) is 0 Å². The first-order valence-electron chi connectivity index (χ1n) is 8.63. The Hall–Kier alpha value is -1.78. The van der Waals surface area contributed by atoms with E-state index in [0.717, 1.165) is 46.6 Å². The van der Waals surface area contributed by atoms with Gasteiger partial charge in [0.1, 0.15) is 5.82 Å². The van der Waals surface area contributed by atoms with E-state index in [4.69, 9.17) is 5.73 Å². The first kappa shape index (κ1) is 19.5. The molecule has 0 radical (unpaired) electrons. The maximum atomic E-state index is 13.8. The van der Waals surface area contributed by atoms with Gasteiger partial charge in [-0.05, 0) is 59.4 Å². The fraction of sp³-hybridized carbons (Fsp3) is 0.333. The fourth-order valence-corrected chi connectivity index (χ4v) is 3.86. The van der Waals surface area contributed by atoms with Crippen LogP contribution < -0.4 is 5.73 Å². The molecular weight excluding hydrogens is 333 g/mol. The number of hydrogen-bond donors (Lipinski definition) is 2. The summed E-state index contributed by atoms with van der Waals surface area (Å²) in [4.78, 5) is 0.976. The van der Waals surface area contributed by atoms with Gasteiger partial charge in [0, 0.05) is 22.9 Å². The summed E-state index contributed by atoms with van der Waals surface area (Å²) in [6.07, 6.45) is 3.24. The molecular formula is C21H26FNOS. The van der Waals surface area contributed by atoms with Crippen LogP contribution in [0.5, 0.6) is 0 Å². The molecule has 4 heteroatoms. The molecule has 1 unspecified atom stereocenters. The minimum Gasteiger partial charge on any atom is -0.399 e. The number of hydrogen-bond acceptors (Lipinski definition) is 3. The normalized spacial score (nSPS) is 12.1. The molecule has 25 heavy (non-hydrogen) atoms. The zero-order chi connectivity index (χ0) is 18.2. The predicted molar refractivity (Wildman–Crippen MR) is 106 cm³/mol. The molecule has 2 aromatic carbocycles. The summed E-state index contributed by atoms with van der Waals surface area (Å²) in [5.74, 6) is 0.775. The number of rotatable bonds is 9. The van der Waals surface area contributed by atoms with E-state index >= 15 is 0 Å². The second-order valence-electron chi connectivity index (χ2n) is 6.25. The van der Waals surface area contributed by atoms with Crippen LogP contribution in [0.1, 0.15) is 37.3 Å². The van der Waals surface area contributed by atoms with Crippen molar-refractivity contribution in [3.8, 4) is 0 Å². The van der Waals surface area contributed by atoms with Gasteiger partial charge in [0.2, 0.25) is 0 Å². The number of halogens is 1. The number of nitrogen functional groups attached to an aromatic ring is 1. The Morgan fingerprint density at radius 3 is 2.76 bits per heavy atom. The van der Waals surface area contributed by atoms with Gasteiger partial charge in [0.25, 0.3) is 0 Å². The molecule has 0 spiro atoms. The summed E-state index contributed by atoms with van der Waals surface area (Å²) in [5, 5.41) is 9.56. The molecule has 2 nitrogen and oxygen atoms in total. The molecule has 134 valence electrons. The highest BCUT2D eigenvalue weighted by Crippen LogP contribution is 2.33. The molecule has 3 N–H and O–H groups in total. The summed E-state index contributed by atoms with van der Waals surface area (Å²) in [7, 11) is 0. The quantitative estimate of drug-likeness (QED) is 0.468. The van der Waals surface area contributed by atoms with Crippen LogP contribution in [0.3, 0.4) is 0 Å². The molecule has 0 amide bonds. The van der Waals surface area contributed by atoms with E-state index in [2.05, 4.69) is 13.5 Å². The van der Waals surface area contributed by atoms with Crippen LogP contribution in [0.25, 0.3) is 5.57 Å². The molecule has 0 saturated heterocycles. The van der Waals surface area contributed by atoms with Gasteiger partial charge in [-0.15, -0.1) is 11.8 Å². The van der Waals surface area contributed by atoms with Crippen molar-refractivity contribution in [2.45, 2.75) is 31.1 Å². The lowest BCUT2D eigenvalue weighted by molar-refractivity contribution is 0.231. The van der Waals surface area contributed by atoms with Crippen LogP contribution in [-0.2, 0) is 0 Å². The smallest absolute Gasteiger partial charge is 0.123 e. The number of thioether (sulfide) groups is 1. The topological polar surface area (TPSA) is 46.2 Å². The Labute approximate surface area is 154 Å². The van der Waals surface area contributed by atoms with Crippen LogP contribution in [-0.4, -0.2) is 17.5 Å². The standard InChI is InChI=1S/C21H26FNOS/c1-3-4-6-16(13-24)14-25-21-10-9-18(22)12-20(21)15(2)17-7-5-8-19(23)11-17/h5,7-12,16,24H,2-4,6,13-14,23H2,1H3. The number of unbranched alkanes of at least 4 members (excludes halogenated alkanes) is 1. The van der Waals surface area contributed by atoms with Gasteiger partial charge in [0.15, 0.2) is 0 Å². The highest BCUT2D eigenvalue weighted by molar-refractivity contribution is 7.99. The van der Waals surface area contributed by atoms with E-state index in [-0.39, 0.29) is 18.3 Å². The fourth-order valence-electron chi connectivity index (χ4n) is 2.67. The Kier molecular flexibility index (Phi) is 7.53. The molecule has 0 aliphatic carbocycles. The van der Waals surface area contributed by atoms with Gasteiger partial charge < -0.3 is 10.8 Å². The van der Waals surface area contributed by atoms with Crippen molar-refractivity contribution in [2.24, 2.45) is 5.92 Å². The van der Waals surface area contributed by atoms with Crippen molar-refractivity contribution in [3.05, 3.63) is 66.0 Å². The van der Waals surface area contributed by atoms with Gasteiger partial charge >= 0.3 is 0 Å². The van der Waals surface area contributed by atoms with E-state index in [1.165, 1.54) is 12.1 Å². The zero-order valence-corrected chi connectivity index (χ0v) is 15.5. The van der Waals surface area contributed by atoms with Crippen LogP contribution in [0.15, 0.2) is 53.9 Å². The van der Waals surface area contributed by atoms with Crippen molar-refractivity contribution < 1.29 is 9.50 Å². The molecule has 0 bridgehead atoms. The van der Waals surface area contributed by atoms with E-state index in [1.807, 2.05) is 24.3 Å². The Bertz CT molecular complexity index is 717. The van der Waals surface area contributed by atoms with Gasteiger partial charge in [-0.25, -0.2) is 4.39 Å². The third-order valence-corrected chi connectivity index (χ3v) is 5.51. The summed E-state index contributed by atoms with van der Waals surface area (Å²) < 4.78 is 13.8. The first-order chi connectivity index (χ1) is 12.0. The maximum Gasteiger partial charge on any atom is 0.123 e. The lowest BCUT2D eigenvalue weighted by atomic mass is 9.99. The minimum atomic E-state index is -0.283. The van der Waals surface area contributed by atoms with Gasteiger partial charge in [0.05, 0.1) is 0 Å². The van der Waals surface area contributed by atoms with Gasteiger partial charge in [-0.2, -0.15) is 0 Å². The molecule has 0 aliphatic heterocycles. The Morgan fingerprint density at radius 2 is 2.08 bits per heavy atom. The number of anilines is 1. The molecule has 0 heterocycles. The Balaban J connectivity index is 2.20. The molecule has 2 rings (SSSR count). The Morgan fingerprint density at radius 1 is 1.28 bits per heavy atom. The average molecular weight is 360 g/mol. The predicted octanol–water partition coefficient (Wildman–Crippen LogP) is 5.36. The van der Waals surface area contributed by atoms with Crippen LogP contribution in [0.4, 0.5) is 10.1 Å². The molecule has 0 saturated carbocycles. The van der Waals surface area contributed by atoms with Crippen LogP contribution >= 0.6 is 11.8 Å². The lowest BCUT2D eigenvalue weighted by Crippen LogP contribution is -2.09. The summed E-state index contributed by atoms with van der Waals surface area (Å²) in [6.45, 7) is 6.48. The summed E-state index contributed by atoms with van der Waals surface area (Å²) in [5.41, 5.74) is 8.93. The number of aliphatic hydroxyl groups excluding tert-OH is 1. The van der Waals surface area contributed by atoms with Crippen molar-refractivity contribution in [3.63, 3.8) is 0 Å². The van der Waals surface area contributed by atoms with E-state index in [1.54, 1.807) is 17.8 Å². The van der Waals surface area contributed by atoms with E-state index in [0.29, 0.717) is 5.69 Å². The second kappa shape index (κ2) is 9.64. The highest BCUT2D eigenvalue weighted by Gasteiger charge is 2.13. The van der Waals surface area contributed by atoms with Crippen LogP contribution in [0, 0.1) is 11.7 Å². The molecule has 0 aliphatic rings. The maximum absolute atomic E-state index is 13.8. The number of aliphatic hydroxyl groups is 1. The molecule has 2 aromatic rings. The largest absolute Gasteiger partial charge is 0.399 e. The number of benzene rings is 2. The third-order valence-electron chi connectivity index (χ3n) is 4.20. The van der Waals surface area contributed by atoms with Gasteiger partial charge in [-0.1, -0.05) is 38.5 Å². The van der Waals surface area contributed by atoms with Crippen molar-refractivity contribution in [1.82, 2.24) is 0 Å².